The second kappa shape index (κ2) is 8.06. The Morgan fingerprint density at radius 1 is 1.12 bits per heavy atom. The minimum Gasteiger partial charge on any atom is -0.379 e. The van der Waals surface area contributed by atoms with Crippen molar-refractivity contribution in [3.05, 3.63) is 48.0 Å². The zero-order valence-corrected chi connectivity index (χ0v) is 15.5. The SMILES string of the molecule is CN=C(NCc1cccc2ccccc12)N1CCC(N2CCOCC2)C1. The summed E-state index contributed by atoms with van der Waals surface area (Å²) < 4.78 is 5.49. The quantitative estimate of drug-likeness (QED) is 0.680. The van der Waals surface area contributed by atoms with E-state index in [-0.39, 0.29) is 0 Å². The van der Waals surface area contributed by atoms with Crippen molar-refractivity contribution in [2.75, 3.05) is 46.4 Å². The second-order valence-corrected chi connectivity index (χ2v) is 7.08. The smallest absolute Gasteiger partial charge is 0.193 e. The molecule has 4 rings (SSSR count). The highest BCUT2D eigenvalue weighted by Crippen LogP contribution is 2.19. The number of guanidine groups is 1. The number of hydrogen-bond acceptors (Lipinski definition) is 3. The number of aliphatic imine (C=N–C) groups is 1. The molecule has 2 aliphatic heterocycles. The van der Waals surface area contributed by atoms with Crippen LogP contribution in [0, 0.1) is 0 Å². The molecule has 5 heteroatoms. The number of ether oxygens (including phenoxy) is 1. The predicted octanol–water partition coefficient (Wildman–Crippen LogP) is 2.32. The van der Waals surface area contributed by atoms with Gasteiger partial charge in [0.1, 0.15) is 0 Å². The van der Waals surface area contributed by atoms with Crippen LogP contribution in [0.2, 0.25) is 0 Å². The van der Waals surface area contributed by atoms with Crippen LogP contribution in [-0.4, -0.2) is 68.2 Å². The molecule has 0 radical (unpaired) electrons. The summed E-state index contributed by atoms with van der Waals surface area (Å²) in [5.74, 6) is 1.01. The van der Waals surface area contributed by atoms with E-state index in [9.17, 15) is 0 Å². The lowest BCUT2D eigenvalue weighted by molar-refractivity contribution is 0.0195. The molecule has 5 nitrogen and oxygen atoms in total. The molecule has 2 aromatic rings. The molecule has 0 aromatic heterocycles. The second-order valence-electron chi connectivity index (χ2n) is 7.08. The van der Waals surface area contributed by atoms with Crippen LogP contribution in [0.5, 0.6) is 0 Å². The van der Waals surface area contributed by atoms with Gasteiger partial charge in [-0.1, -0.05) is 42.5 Å². The van der Waals surface area contributed by atoms with Gasteiger partial charge in [-0.3, -0.25) is 9.89 Å². The van der Waals surface area contributed by atoms with Gasteiger partial charge in [-0.05, 0) is 22.8 Å². The molecule has 0 aliphatic carbocycles. The normalized spacial score (nSPS) is 22.1. The molecule has 2 saturated heterocycles. The number of nitrogens with zero attached hydrogens (tertiary/aromatic N) is 3. The molecule has 0 saturated carbocycles. The summed E-state index contributed by atoms with van der Waals surface area (Å²) in [6.07, 6.45) is 1.20. The summed E-state index contributed by atoms with van der Waals surface area (Å²) in [7, 11) is 1.88. The first-order valence-electron chi connectivity index (χ1n) is 9.59. The largest absolute Gasteiger partial charge is 0.379 e. The lowest BCUT2D eigenvalue weighted by Crippen LogP contribution is -2.46. The van der Waals surface area contributed by atoms with Crippen molar-refractivity contribution in [1.29, 1.82) is 0 Å². The van der Waals surface area contributed by atoms with Crippen LogP contribution in [0.25, 0.3) is 10.8 Å². The summed E-state index contributed by atoms with van der Waals surface area (Å²) in [5, 5.41) is 6.17. The van der Waals surface area contributed by atoms with Crippen LogP contribution in [0.3, 0.4) is 0 Å². The maximum Gasteiger partial charge on any atom is 0.193 e. The summed E-state index contributed by atoms with van der Waals surface area (Å²) in [4.78, 5) is 9.50. The van der Waals surface area contributed by atoms with Gasteiger partial charge in [0.25, 0.3) is 0 Å². The van der Waals surface area contributed by atoms with Gasteiger partial charge in [-0.2, -0.15) is 0 Å². The van der Waals surface area contributed by atoms with Crippen molar-refractivity contribution < 1.29 is 4.74 Å². The molecule has 1 atom stereocenters. The first kappa shape index (κ1) is 17.3. The van der Waals surface area contributed by atoms with Crippen molar-refractivity contribution in [3.8, 4) is 0 Å². The fourth-order valence-electron chi connectivity index (χ4n) is 4.13. The third kappa shape index (κ3) is 3.69. The average Bonchev–Trinajstić information content (AvgIpc) is 3.19. The zero-order chi connectivity index (χ0) is 17.8. The Bertz CT molecular complexity index is 764. The van der Waals surface area contributed by atoms with Crippen molar-refractivity contribution >= 4 is 16.7 Å². The van der Waals surface area contributed by atoms with E-state index in [2.05, 4.69) is 62.6 Å². The van der Waals surface area contributed by atoms with E-state index in [1.165, 1.54) is 22.8 Å². The molecule has 0 spiro atoms. The third-order valence-corrected chi connectivity index (χ3v) is 5.55. The van der Waals surface area contributed by atoms with E-state index >= 15 is 0 Å². The first-order valence-corrected chi connectivity index (χ1v) is 9.59. The minimum atomic E-state index is 0.620. The Morgan fingerprint density at radius 3 is 2.77 bits per heavy atom. The molecule has 138 valence electrons. The monoisotopic (exact) mass is 352 g/mol. The van der Waals surface area contributed by atoms with Crippen molar-refractivity contribution in [3.63, 3.8) is 0 Å². The Labute approximate surface area is 155 Å². The van der Waals surface area contributed by atoms with Gasteiger partial charge in [-0.15, -0.1) is 0 Å². The number of nitrogens with one attached hydrogen (secondary N) is 1. The number of likely N-dealkylation sites (tertiary alicyclic amines) is 1. The molecule has 2 fully saturated rings. The van der Waals surface area contributed by atoms with Crippen LogP contribution in [0.4, 0.5) is 0 Å². The first-order chi connectivity index (χ1) is 12.8. The van der Waals surface area contributed by atoms with Crippen LogP contribution in [0.1, 0.15) is 12.0 Å². The van der Waals surface area contributed by atoms with E-state index in [1.807, 2.05) is 7.05 Å². The number of morpholine rings is 1. The van der Waals surface area contributed by atoms with Gasteiger partial charge in [-0.25, -0.2) is 0 Å². The zero-order valence-electron chi connectivity index (χ0n) is 15.5. The summed E-state index contributed by atoms with van der Waals surface area (Å²) in [6, 6.07) is 15.7. The molecule has 1 unspecified atom stereocenters. The lowest BCUT2D eigenvalue weighted by Gasteiger charge is -2.32. The maximum atomic E-state index is 5.49. The van der Waals surface area contributed by atoms with Crippen molar-refractivity contribution in [2.24, 2.45) is 4.99 Å². The van der Waals surface area contributed by atoms with E-state index in [4.69, 9.17) is 4.74 Å². The summed E-state index contributed by atoms with van der Waals surface area (Å²) in [5.41, 5.74) is 1.31. The van der Waals surface area contributed by atoms with E-state index in [0.717, 1.165) is 51.9 Å². The fraction of sp³-hybridized carbons (Fsp3) is 0.476. The topological polar surface area (TPSA) is 40.1 Å². The van der Waals surface area contributed by atoms with Gasteiger partial charge in [0.2, 0.25) is 0 Å². The molecule has 0 bridgehead atoms. The predicted molar refractivity (Wildman–Crippen MR) is 107 cm³/mol. The molecule has 2 aromatic carbocycles. The van der Waals surface area contributed by atoms with E-state index in [1.54, 1.807) is 0 Å². The fourth-order valence-corrected chi connectivity index (χ4v) is 4.13. The number of benzene rings is 2. The van der Waals surface area contributed by atoms with Gasteiger partial charge in [0.05, 0.1) is 13.2 Å². The number of rotatable bonds is 3. The Hall–Kier alpha value is -2.11. The molecular formula is C21H28N4O. The van der Waals surface area contributed by atoms with E-state index in [0.29, 0.717) is 6.04 Å². The molecule has 0 amide bonds. The van der Waals surface area contributed by atoms with Gasteiger partial charge < -0.3 is 15.0 Å². The Morgan fingerprint density at radius 2 is 1.92 bits per heavy atom. The molecular weight excluding hydrogens is 324 g/mol. The third-order valence-electron chi connectivity index (χ3n) is 5.55. The van der Waals surface area contributed by atoms with Crippen LogP contribution in [-0.2, 0) is 11.3 Å². The highest BCUT2D eigenvalue weighted by Gasteiger charge is 2.30. The Kier molecular flexibility index (Phi) is 5.37. The van der Waals surface area contributed by atoms with Gasteiger partial charge in [0.15, 0.2) is 5.96 Å². The van der Waals surface area contributed by atoms with E-state index < -0.39 is 0 Å². The van der Waals surface area contributed by atoms with Crippen molar-refractivity contribution in [1.82, 2.24) is 15.1 Å². The van der Waals surface area contributed by atoms with Gasteiger partial charge in [0, 0.05) is 45.8 Å². The number of fused-ring (bicyclic) bond motifs is 1. The Balaban J connectivity index is 1.39. The molecule has 26 heavy (non-hydrogen) atoms. The standard InChI is InChI=1S/C21H28N4O/c1-22-21(25-10-9-19(16-25)24-11-13-26-14-12-24)23-15-18-7-4-6-17-5-2-3-8-20(17)18/h2-8,19H,9-16H2,1H3,(H,22,23). The minimum absolute atomic E-state index is 0.620. The lowest BCUT2D eigenvalue weighted by atomic mass is 10.0. The molecule has 2 heterocycles. The average molecular weight is 352 g/mol. The molecule has 2 aliphatic rings. The highest BCUT2D eigenvalue weighted by molar-refractivity contribution is 5.86. The summed E-state index contributed by atoms with van der Waals surface area (Å²) in [6.45, 7) is 6.76. The maximum absolute atomic E-state index is 5.49. The summed E-state index contributed by atoms with van der Waals surface area (Å²) >= 11 is 0. The highest BCUT2D eigenvalue weighted by atomic mass is 16.5. The molecule has 1 N–H and O–H groups in total. The van der Waals surface area contributed by atoms with Gasteiger partial charge >= 0.3 is 0 Å². The van der Waals surface area contributed by atoms with Crippen molar-refractivity contribution in [2.45, 2.75) is 19.0 Å². The van der Waals surface area contributed by atoms with Crippen LogP contribution < -0.4 is 5.32 Å². The number of hydrogen-bond donors (Lipinski definition) is 1. The van der Waals surface area contributed by atoms with Crippen LogP contribution >= 0.6 is 0 Å². The van der Waals surface area contributed by atoms with Crippen LogP contribution in [0.15, 0.2) is 47.5 Å².